The number of ketones is 1. The number of Topliss-reactive ketones (excluding diaryl/α,β-unsaturated/α-hetero) is 1. The number of hydrogen-bond donors (Lipinski definition) is 1. The molecule has 1 N–H and O–H groups in total. The van der Waals surface area contributed by atoms with Crippen LogP contribution in [-0.2, 0) is 11.0 Å². The van der Waals surface area contributed by atoms with E-state index in [1.807, 2.05) is 0 Å². The highest BCUT2D eigenvalue weighted by atomic mass is 79.9. The van der Waals surface area contributed by atoms with Gasteiger partial charge in [-0.2, -0.15) is 39.5 Å². The van der Waals surface area contributed by atoms with Gasteiger partial charge in [0.05, 0.1) is 10.6 Å². The molecule has 0 aliphatic heterocycles. The molecule has 0 bridgehead atoms. The number of carbonyl (C=O) groups is 2. The molecule has 214 valence electrons. The van der Waals surface area contributed by atoms with Gasteiger partial charge in [-0.05, 0) is 61.7 Å². The fourth-order valence-corrected chi connectivity index (χ4v) is 4.53. The van der Waals surface area contributed by atoms with E-state index in [0.717, 1.165) is 12.1 Å². The van der Waals surface area contributed by atoms with E-state index < -0.39 is 83.6 Å². The smallest absolute Gasteiger partial charge is 0.347 e. The molecule has 0 aromatic heterocycles. The summed E-state index contributed by atoms with van der Waals surface area (Å²) in [4.78, 5) is 23.8. The maximum atomic E-state index is 14.9. The summed E-state index contributed by atoms with van der Waals surface area (Å²) in [5, 5.41) is 1.48. The minimum atomic E-state index is -5.27. The van der Waals surface area contributed by atoms with E-state index >= 15 is 0 Å². The standard InChI is InChI=1S/C23H14Br2ClF10NO2/c24-15-6-11(7-16(25)20(15)26)13(22(31,32)33)8-17(27)10-1-2-12(14(5-10)23(34,35)36)18(38)3-4-19(39)37-9-21(28,29)30/h1-2,5-8,13H,3-4,9H2,(H,37,39)/b17-8-. The average molecular weight is 722 g/mol. The van der Waals surface area contributed by atoms with Crippen molar-refractivity contribution in [3.63, 3.8) is 0 Å². The van der Waals surface area contributed by atoms with Gasteiger partial charge in [0.15, 0.2) is 5.78 Å². The molecular weight excluding hydrogens is 707 g/mol. The summed E-state index contributed by atoms with van der Waals surface area (Å²) in [6.45, 7) is -1.71. The van der Waals surface area contributed by atoms with E-state index in [4.69, 9.17) is 11.6 Å². The molecule has 3 nitrogen and oxygen atoms in total. The first-order valence-electron chi connectivity index (χ1n) is 10.4. The van der Waals surface area contributed by atoms with Crippen molar-refractivity contribution in [1.29, 1.82) is 0 Å². The number of hydrogen-bond acceptors (Lipinski definition) is 2. The molecule has 0 fully saturated rings. The molecule has 0 saturated carbocycles. The Balaban J connectivity index is 2.41. The van der Waals surface area contributed by atoms with E-state index in [9.17, 15) is 53.5 Å². The Kier molecular flexibility index (Phi) is 10.7. The minimum absolute atomic E-state index is 0.0250. The van der Waals surface area contributed by atoms with Gasteiger partial charge >= 0.3 is 18.5 Å². The van der Waals surface area contributed by atoms with Crippen molar-refractivity contribution < 1.29 is 53.5 Å². The predicted octanol–water partition coefficient (Wildman–Crippen LogP) is 9.18. The van der Waals surface area contributed by atoms with Gasteiger partial charge in [0.1, 0.15) is 18.3 Å². The summed E-state index contributed by atoms with van der Waals surface area (Å²) >= 11 is 11.8. The lowest BCUT2D eigenvalue weighted by atomic mass is 9.94. The number of nitrogens with one attached hydrogen (secondary N) is 1. The van der Waals surface area contributed by atoms with Crippen LogP contribution < -0.4 is 5.32 Å². The van der Waals surface area contributed by atoms with Crippen molar-refractivity contribution in [3.05, 3.63) is 72.6 Å². The van der Waals surface area contributed by atoms with E-state index in [-0.39, 0.29) is 26.1 Å². The highest BCUT2D eigenvalue weighted by Crippen LogP contribution is 2.43. The van der Waals surface area contributed by atoms with Crippen LogP contribution in [0.15, 0.2) is 45.4 Å². The molecule has 0 heterocycles. The first kappa shape index (κ1) is 33.1. The third kappa shape index (κ3) is 9.48. The molecule has 16 heteroatoms. The average Bonchev–Trinajstić information content (AvgIpc) is 2.80. The Labute approximate surface area is 235 Å². The Bertz CT molecular complexity index is 1250. The highest BCUT2D eigenvalue weighted by molar-refractivity contribution is 9.11. The van der Waals surface area contributed by atoms with Gasteiger partial charge in [-0.1, -0.05) is 23.7 Å². The lowest BCUT2D eigenvalue weighted by Crippen LogP contribution is -2.33. The summed E-state index contributed by atoms with van der Waals surface area (Å²) in [5.74, 6) is -6.84. The maximum Gasteiger partial charge on any atom is 0.417 e. The Hall–Kier alpha value is -2.13. The van der Waals surface area contributed by atoms with Gasteiger partial charge in [-0.25, -0.2) is 4.39 Å². The molecule has 1 unspecified atom stereocenters. The second kappa shape index (κ2) is 12.6. The molecule has 0 radical (unpaired) electrons. The second-order valence-electron chi connectivity index (χ2n) is 7.91. The van der Waals surface area contributed by atoms with Crippen molar-refractivity contribution in [2.75, 3.05) is 6.54 Å². The van der Waals surface area contributed by atoms with Crippen molar-refractivity contribution >= 4 is 61.0 Å². The maximum absolute atomic E-state index is 14.9. The SMILES string of the molecule is O=C(CCC(=O)c1ccc(/C(F)=C/C(c2cc(Br)c(Cl)c(Br)c2)C(F)(F)F)cc1C(F)(F)F)NCC(F)(F)F. The lowest BCUT2D eigenvalue weighted by Gasteiger charge is -2.19. The minimum Gasteiger partial charge on any atom is -0.347 e. The zero-order valence-electron chi connectivity index (χ0n) is 18.9. The van der Waals surface area contributed by atoms with Gasteiger partial charge in [0.2, 0.25) is 5.91 Å². The van der Waals surface area contributed by atoms with E-state index in [1.165, 1.54) is 5.32 Å². The topological polar surface area (TPSA) is 46.2 Å². The predicted molar refractivity (Wildman–Crippen MR) is 129 cm³/mol. The van der Waals surface area contributed by atoms with Crippen LogP contribution in [0.1, 0.15) is 45.8 Å². The van der Waals surface area contributed by atoms with Crippen LogP contribution in [0.25, 0.3) is 5.83 Å². The number of alkyl halides is 9. The van der Waals surface area contributed by atoms with Crippen LogP contribution in [0.4, 0.5) is 43.9 Å². The zero-order valence-corrected chi connectivity index (χ0v) is 22.8. The van der Waals surface area contributed by atoms with Gasteiger partial charge in [-0.15, -0.1) is 0 Å². The molecular formula is C23H14Br2ClF10NO2. The highest BCUT2D eigenvalue weighted by Gasteiger charge is 2.41. The van der Waals surface area contributed by atoms with Gasteiger partial charge in [0.25, 0.3) is 0 Å². The third-order valence-electron chi connectivity index (χ3n) is 5.00. The number of carbonyl (C=O) groups excluding carboxylic acids is 2. The van der Waals surface area contributed by atoms with E-state index in [0.29, 0.717) is 12.1 Å². The van der Waals surface area contributed by atoms with Crippen LogP contribution >= 0.6 is 43.5 Å². The number of benzene rings is 2. The number of allylic oxidation sites excluding steroid dienone is 1. The zero-order chi connectivity index (χ0) is 29.9. The van der Waals surface area contributed by atoms with Gasteiger partial charge in [-0.3, -0.25) is 9.59 Å². The molecule has 0 spiro atoms. The molecule has 39 heavy (non-hydrogen) atoms. The Morgan fingerprint density at radius 1 is 0.923 bits per heavy atom. The van der Waals surface area contributed by atoms with Crippen molar-refractivity contribution in [2.45, 2.75) is 37.3 Å². The summed E-state index contributed by atoms with van der Waals surface area (Å²) < 4.78 is 134. The normalized spacial score (nSPS) is 13.8. The first-order valence-corrected chi connectivity index (χ1v) is 12.3. The molecule has 0 aliphatic carbocycles. The molecule has 1 amide bonds. The Morgan fingerprint density at radius 3 is 1.97 bits per heavy atom. The second-order valence-corrected chi connectivity index (χ2v) is 9.99. The molecule has 2 aromatic rings. The lowest BCUT2D eigenvalue weighted by molar-refractivity contribution is -0.140. The summed E-state index contributed by atoms with van der Waals surface area (Å²) in [6, 6.07) is 3.20. The van der Waals surface area contributed by atoms with Crippen molar-refractivity contribution in [2.24, 2.45) is 0 Å². The number of amides is 1. The molecule has 1 atom stereocenters. The van der Waals surface area contributed by atoms with Crippen molar-refractivity contribution in [1.82, 2.24) is 5.32 Å². The quantitative estimate of drug-likeness (QED) is 0.168. The van der Waals surface area contributed by atoms with Crippen LogP contribution in [0, 0.1) is 0 Å². The molecule has 0 aliphatic rings. The van der Waals surface area contributed by atoms with E-state index in [2.05, 4.69) is 31.9 Å². The largest absolute Gasteiger partial charge is 0.417 e. The van der Waals surface area contributed by atoms with Crippen LogP contribution in [-0.4, -0.2) is 30.6 Å². The van der Waals surface area contributed by atoms with E-state index in [1.54, 1.807) is 0 Å². The fraction of sp³-hybridized carbons (Fsp3) is 0.304. The van der Waals surface area contributed by atoms with Crippen LogP contribution in [0.2, 0.25) is 5.02 Å². The monoisotopic (exact) mass is 719 g/mol. The van der Waals surface area contributed by atoms with Gasteiger partial charge < -0.3 is 5.32 Å². The molecule has 2 aromatic carbocycles. The molecule has 0 saturated heterocycles. The molecule has 2 rings (SSSR count). The fourth-order valence-electron chi connectivity index (χ4n) is 3.20. The van der Waals surface area contributed by atoms with Crippen LogP contribution in [0.5, 0.6) is 0 Å². The summed E-state index contributed by atoms with van der Waals surface area (Å²) in [6.07, 6.45) is -16.8. The summed E-state index contributed by atoms with van der Waals surface area (Å²) in [7, 11) is 0. The number of halogens is 13. The summed E-state index contributed by atoms with van der Waals surface area (Å²) in [5.41, 5.74) is -4.17. The van der Waals surface area contributed by atoms with Crippen LogP contribution in [0.3, 0.4) is 0 Å². The van der Waals surface area contributed by atoms with Crippen molar-refractivity contribution in [3.8, 4) is 0 Å². The van der Waals surface area contributed by atoms with Gasteiger partial charge in [0, 0.05) is 32.9 Å². The third-order valence-corrected chi connectivity index (χ3v) is 7.11. The number of rotatable bonds is 8. The Morgan fingerprint density at radius 2 is 1.49 bits per heavy atom. The first-order chi connectivity index (χ1) is 17.7.